The molecule has 240 valence electrons. The first kappa shape index (κ1) is 33.3. The molecule has 0 bridgehead atoms. The van der Waals surface area contributed by atoms with Crippen molar-refractivity contribution in [2.75, 3.05) is 10.8 Å². The van der Waals surface area contributed by atoms with Crippen LogP contribution in [0.15, 0.2) is 112 Å². The Labute approximate surface area is 278 Å². The first-order chi connectivity index (χ1) is 22.1. The second-order valence-electron chi connectivity index (χ2n) is 11.6. The van der Waals surface area contributed by atoms with Crippen LogP contribution in [-0.4, -0.2) is 43.8 Å². The van der Waals surface area contributed by atoms with Gasteiger partial charge in [-0.2, -0.15) is 0 Å². The maximum Gasteiger partial charge on any atom is 0.264 e. The van der Waals surface area contributed by atoms with Gasteiger partial charge in [-0.3, -0.25) is 13.9 Å². The lowest BCUT2D eigenvalue weighted by Gasteiger charge is -2.34. The van der Waals surface area contributed by atoms with Crippen LogP contribution in [0, 0.1) is 12.7 Å². The highest BCUT2D eigenvalue weighted by molar-refractivity contribution is 9.10. The van der Waals surface area contributed by atoms with Crippen molar-refractivity contribution in [1.82, 2.24) is 10.2 Å². The second-order valence-corrected chi connectivity index (χ2v) is 14.4. The minimum atomic E-state index is -4.20. The molecule has 0 heterocycles. The molecule has 1 saturated carbocycles. The number of anilines is 1. The number of benzene rings is 4. The zero-order valence-corrected chi connectivity index (χ0v) is 28.0. The van der Waals surface area contributed by atoms with Crippen molar-refractivity contribution in [3.8, 4) is 0 Å². The van der Waals surface area contributed by atoms with Crippen LogP contribution in [-0.2, 0) is 32.6 Å². The van der Waals surface area contributed by atoms with Crippen molar-refractivity contribution in [3.05, 3.63) is 130 Å². The molecule has 5 rings (SSSR count). The van der Waals surface area contributed by atoms with Gasteiger partial charge in [0.1, 0.15) is 18.4 Å². The van der Waals surface area contributed by atoms with Crippen LogP contribution in [0.25, 0.3) is 0 Å². The highest BCUT2D eigenvalue weighted by Gasteiger charge is 2.35. The topological polar surface area (TPSA) is 86.8 Å². The Hall–Kier alpha value is -4.02. The number of aryl methyl sites for hydroxylation is 1. The summed E-state index contributed by atoms with van der Waals surface area (Å²) in [6.45, 7) is 1.28. The third-order valence-corrected chi connectivity index (χ3v) is 10.5. The van der Waals surface area contributed by atoms with E-state index in [2.05, 4.69) is 21.2 Å². The Morgan fingerprint density at radius 3 is 2.22 bits per heavy atom. The molecule has 0 spiro atoms. The summed E-state index contributed by atoms with van der Waals surface area (Å²) < 4.78 is 43.9. The van der Waals surface area contributed by atoms with E-state index in [4.69, 9.17) is 0 Å². The molecule has 1 aliphatic carbocycles. The van der Waals surface area contributed by atoms with E-state index in [0.717, 1.165) is 41.1 Å². The molecule has 1 atom stereocenters. The molecule has 1 fully saturated rings. The molecule has 1 aliphatic rings. The Kier molecular flexibility index (Phi) is 10.9. The number of rotatable bonds is 12. The fourth-order valence-electron chi connectivity index (χ4n) is 5.71. The zero-order chi connectivity index (χ0) is 32.7. The van der Waals surface area contributed by atoms with Gasteiger partial charge in [-0.1, -0.05) is 95.0 Å². The average molecular weight is 707 g/mol. The Morgan fingerprint density at radius 1 is 0.891 bits per heavy atom. The van der Waals surface area contributed by atoms with Gasteiger partial charge < -0.3 is 10.2 Å². The number of sulfonamides is 1. The van der Waals surface area contributed by atoms with Crippen LogP contribution in [0.1, 0.15) is 42.4 Å². The number of halogens is 2. The quantitative estimate of drug-likeness (QED) is 0.176. The highest BCUT2D eigenvalue weighted by atomic mass is 79.9. The van der Waals surface area contributed by atoms with Crippen LogP contribution in [0.3, 0.4) is 0 Å². The van der Waals surface area contributed by atoms with Crippen LogP contribution in [0.4, 0.5) is 10.1 Å². The minimum Gasteiger partial charge on any atom is -0.352 e. The zero-order valence-electron chi connectivity index (χ0n) is 25.6. The fraction of sp³-hybridized carbons (Fsp3) is 0.278. The minimum absolute atomic E-state index is 0.00799. The monoisotopic (exact) mass is 705 g/mol. The van der Waals surface area contributed by atoms with Crippen LogP contribution < -0.4 is 9.62 Å². The van der Waals surface area contributed by atoms with Gasteiger partial charge in [-0.05, 0) is 73.4 Å². The van der Waals surface area contributed by atoms with Gasteiger partial charge in [-0.15, -0.1) is 0 Å². The lowest BCUT2D eigenvalue weighted by molar-refractivity contribution is -0.140. The predicted molar refractivity (Wildman–Crippen MR) is 181 cm³/mol. The summed E-state index contributed by atoms with van der Waals surface area (Å²) in [5.41, 5.74) is 2.64. The van der Waals surface area contributed by atoms with Gasteiger partial charge in [0.25, 0.3) is 10.0 Å². The molecule has 0 aliphatic heterocycles. The molecule has 0 radical (unpaired) electrons. The van der Waals surface area contributed by atoms with Gasteiger partial charge in [0, 0.05) is 23.5 Å². The standard InChI is InChI=1S/C36H37BrFN3O4S/c1-26-14-20-33(21-15-26)46(44,45)41(32-13-7-10-29(37)23-32)25-35(42)40(24-28-16-18-30(38)19-17-28)34(22-27-8-3-2-4-9-27)36(43)39-31-11-5-6-12-31/h2-4,7-10,13-21,23,31,34H,5-6,11-12,22,24-25H2,1H3,(H,39,43). The van der Waals surface area contributed by atoms with E-state index in [0.29, 0.717) is 15.7 Å². The highest BCUT2D eigenvalue weighted by Crippen LogP contribution is 2.28. The van der Waals surface area contributed by atoms with E-state index in [9.17, 15) is 22.4 Å². The van der Waals surface area contributed by atoms with Crippen molar-refractivity contribution in [2.24, 2.45) is 0 Å². The molecule has 7 nitrogen and oxygen atoms in total. The van der Waals surface area contributed by atoms with Crippen molar-refractivity contribution < 1.29 is 22.4 Å². The van der Waals surface area contributed by atoms with Gasteiger partial charge in [0.15, 0.2) is 0 Å². The lowest BCUT2D eigenvalue weighted by atomic mass is 10.0. The molecular formula is C36H37BrFN3O4S. The summed E-state index contributed by atoms with van der Waals surface area (Å²) in [5.74, 6) is -1.30. The Balaban J connectivity index is 1.56. The Morgan fingerprint density at radius 2 is 1.57 bits per heavy atom. The molecule has 0 aromatic heterocycles. The maximum atomic E-state index is 14.5. The van der Waals surface area contributed by atoms with E-state index < -0.39 is 34.3 Å². The van der Waals surface area contributed by atoms with Crippen molar-refractivity contribution in [3.63, 3.8) is 0 Å². The lowest BCUT2D eigenvalue weighted by Crippen LogP contribution is -2.54. The van der Waals surface area contributed by atoms with Crippen LogP contribution in [0.2, 0.25) is 0 Å². The number of nitrogens with zero attached hydrogens (tertiary/aromatic N) is 2. The summed E-state index contributed by atoms with van der Waals surface area (Å²) in [4.78, 5) is 30.1. The summed E-state index contributed by atoms with van der Waals surface area (Å²) in [6, 6.07) is 27.4. The van der Waals surface area contributed by atoms with Gasteiger partial charge in [0.05, 0.1) is 10.6 Å². The number of amides is 2. The SMILES string of the molecule is Cc1ccc(S(=O)(=O)N(CC(=O)N(Cc2ccc(F)cc2)C(Cc2ccccc2)C(=O)NC2CCCC2)c2cccc(Br)c2)cc1. The van der Waals surface area contributed by atoms with E-state index in [-0.39, 0.29) is 29.8 Å². The third-order valence-electron chi connectivity index (χ3n) is 8.22. The average Bonchev–Trinajstić information content (AvgIpc) is 3.56. The normalized spacial score (nSPS) is 14.1. The molecule has 1 unspecified atom stereocenters. The van der Waals surface area contributed by atoms with Crippen molar-refractivity contribution in [1.29, 1.82) is 0 Å². The van der Waals surface area contributed by atoms with E-state index in [1.54, 1.807) is 48.5 Å². The number of nitrogens with one attached hydrogen (secondary N) is 1. The molecule has 4 aromatic rings. The molecule has 4 aromatic carbocycles. The first-order valence-corrected chi connectivity index (χ1v) is 17.6. The number of hydrogen-bond donors (Lipinski definition) is 1. The molecule has 46 heavy (non-hydrogen) atoms. The van der Waals surface area contributed by atoms with Crippen molar-refractivity contribution >= 4 is 43.5 Å². The Bertz CT molecular complexity index is 1750. The fourth-order valence-corrected chi connectivity index (χ4v) is 7.50. The summed E-state index contributed by atoms with van der Waals surface area (Å²) >= 11 is 3.43. The van der Waals surface area contributed by atoms with Gasteiger partial charge in [0.2, 0.25) is 11.8 Å². The molecular weight excluding hydrogens is 669 g/mol. The molecule has 10 heteroatoms. The first-order valence-electron chi connectivity index (χ1n) is 15.3. The number of carbonyl (C=O) groups excluding carboxylic acids is 2. The van der Waals surface area contributed by atoms with Crippen molar-refractivity contribution in [2.45, 2.75) is 62.6 Å². The predicted octanol–water partition coefficient (Wildman–Crippen LogP) is 6.79. The summed E-state index contributed by atoms with van der Waals surface area (Å²) in [5, 5.41) is 3.15. The molecule has 2 amide bonds. The van der Waals surface area contributed by atoms with E-state index >= 15 is 0 Å². The third kappa shape index (κ3) is 8.41. The maximum absolute atomic E-state index is 14.5. The molecule has 0 saturated heterocycles. The van der Waals surface area contributed by atoms with Crippen LogP contribution >= 0.6 is 15.9 Å². The second kappa shape index (κ2) is 15.0. The van der Waals surface area contributed by atoms with Gasteiger partial charge in [-0.25, -0.2) is 12.8 Å². The number of hydrogen-bond acceptors (Lipinski definition) is 4. The van der Waals surface area contributed by atoms with E-state index in [1.165, 1.54) is 29.2 Å². The van der Waals surface area contributed by atoms with Gasteiger partial charge >= 0.3 is 0 Å². The van der Waals surface area contributed by atoms with Crippen LogP contribution in [0.5, 0.6) is 0 Å². The van der Waals surface area contributed by atoms with E-state index in [1.807, 2.05) is 37.3 Å². The largest absolute Gasteiger partial charge is 0.352 e. The summed E-state index contributed by atoms with van der Waals surface area (Å²) in [7, 11) is -4.20. The molecule has 1 N–H and O–H groups in total. The smallest absolute Gasteiger partial charge is 0.264 e. The number of carbonyl (C=O) groups is 2. The summed E-state index contributed by atoms with van der Waals surface area (Å²) in [6.07, 6.45) is 3.98.